The maximum Gasteiger partial charge on any atom is 0.346 e. The lowest BCUT2D eigenvalue weighted by atomic mass is 10.0. The quantitative estimate of drug-likeness (QED) is 0.0343. The van der Waals surface area contributed by atoms with Crippen molar-refractivity contribution in [3.05, 3.63) is 74.5 Å². The van der Waals surface area contributed by atoms with Gasteiger partial charge in [0.15, 0.2) is 0 Å². The van der Waals surface area contributed by atoms with E-state index in [1.807, 2.05) is 57.5 Å². The van der Waals surface area contributed by atoms with Crippen molar-refractivity contribution in [3.8, 4) is 45.1 Å². The lowest BCUT2D eigenvalue weighted by Gasteiger charge is -2.02. The van der Waals surface area contributed by atoms with Crippen molar-refractivity contribution in [3.63, 3.8) is 0 Å². The van der Waals surface area contributed by atoms with Gasteiger partial charge in [-0.2, -0.15) is 5.26 Å². The average Bonchev–Trinajstić information content (AvgIpc) is 4.05. The fraction of sp³-hybridized carbons (Fsp3) is 0.500. The largest absolute Gasteiger partial charge is 0.477 e. The van der Waals surface area contributed by atoms with Gasteiger partial charge < -0.3 is 5.11 Å². The Bertz CT molecular complexity index is 2020. The summed E-state index contributed by atoms with van der Waals surface area (Å²) < 4.78 is 0. The van der Waals surface area contributed by atoms with Crippen molar-refractivity contribution in [1.82, 2.24) is 0 Å². The molecule has 1 N–H and O–H groups in total. The number of carboxylic acids is 1. The maximum atomic E-state index is 11.6. The number of hydrogen-bond acceptors (Lipinski definition) is 7. The van der Waals surface area contributed by atoms with Gasteiger partial charge in [0.1, 0.15) is 11.6 Å². The highest BCUT2D eigenvalue weighted by atomic mass is 32.1. The minimum absolute atomic E-state index is 0.229. The number of carboxylic acid groups (broad SMARTS) is 1. The number of thiophene rings is 5. The van der Waals surface area contributed by atoms with Crippen molar-refractivity contribution in [2.45, 2.75) is 156 Å². The second-order valence-corrected chi connectivity index (χ2v) is 20.3. The second kappa shape index (κ2) is 23.6. The highest BCUT2D eigenvalue weighted by Gasteiger charge is 2.22. The molecule has 0 unspecified atom stereocenters. The van der Waals surface area contributed by atoms with Crippen LogP contribution in [0.1, 0.15) is 158 Å². The van der Waals surface area contributed by atoms with Crippen LogP contribution in [0.5, 0.6) is 0 Å². The molecule has 0 aromatic carbocycles. The Morgan fingerprint density at radius 1 is 0.554 bits per heavy atom. The van der Waals surface area contributed by atoms with Crippen molar-refractivity contribution in [2.24, 2.45) is 0 Å². The van der Waals surface area contributed by atoms with Crippen molar-refractivity contribution in [1.29, 1.82) is 5.26 Å². The van der Waals surface area contributed by atoms with E-state index in [4.69, 9.17) is 0 Å². The second-order valence-electron chi connectivity index (χ2n) is 15.1. The Morgan fingerprint density at radius 2 is 0.982 bits per heavy atom. The predicted octanol–water partition coefficient (Wildman–Crippen LogP) is 17.1. The first kappa shape index (κ1) is 44.3. The van der Waals surface area contributed by atoms with E-state index in [0.717, 1.165) is 35.4 Å². The van der Waals surface area contributed by atoms with Crippen LogP contribution in [0, 0.1) is 11.3 Å². The van der Waals surface area contributed by atoms with Crippen LogP contribution in [0.15, 0.2) is 47.4 Å². The summed E-state index contributed by atoms with van der Waals surface area (Å²) in [5.41, 5.74) is 5.70. The molecule has 5 rings (SSSR count). The summed E-state index contributed by atoms with van der Waals surface area (Å²) in [6.07, 6.45) is 26.0. The molecule has 0 aliphatic heterocycles. The molecule has 300 valence electrons. The third-order valence-electron chi connectivity index (χ3n) is 10.5. The summed E-state index contributed by atoms with van der Waals surface area (Å²) in [7, 11) is 0. The first-order valence-electron chi connectivity index (χ1n) is 21.3. The van der Waals surface area contributed by atoms with Crippen LogP contribution >= 0.6 is 56.7 Å². The van der Waals surface area contributed by atoms with Gasteiger partial charge in [0.25, 0.3) is 0 Å². The first-order chi connectivity index (χ1) is 27.4. The monoisotopic (exact) mass is 843 g/mol. The zero-order chi connectivity index (χ0) is 39.7. The van der Waals surface area contributed by atoms with Crippen molar-refractivity contribution < 1.29 is 9.90 Å². The summed E-state index contributed by atoms with van der Waals surface area (Å²) in [6, 6.07) is 15.9. The molecular formula is C48H61NO2S5. The minimum atomic E-state index is -1.18. The molecule has 0 spiro atoms. The van der Waals surface area contributed by atoms with Gasteiger partial charge in [0.05, 0.1) is 0 Å². The van der Waals surface area contributed by atoms with Gasteiger partial charge in [-0.25, -0.2) is 4.79 Å². The van der Waals surface area contributed by atoms with E-state index in [0.29, 0.717) is 0 Å². The maximum absolute atomic E-state index is 11.6. The molecule has 3 nitrogen and oxygen atoms in total. The van der Waals surface area contributed by atoms with Gasteiger partial charge in [0.2, 0.25) is 0 Å². The summed E-state index contributed by atoms with van der Waals surface area (Å²) >= 11 is 9.45. The SMILES string of the molecule is CCCCCCc1ccsc1-c1cc(CCCCCC)c(-c2cc(CCCCCC)c(-c3cc(CCCCCC)c(-c4ccc(/C=C(/C#N)C(=O)O)s4)s3)s2)s1. The van der Waals surface area contributed by atoms with Gasteiger partial charge >= 0.3 is 5.97 Å². The van der Waals surface area contributed by atoms with Gasteiger partial charge in [-0.05, 0) is 121 Å². The fourth-order valence-electron chi connectivity index (χ4n) is 7.36. The van der Waals surface area contributed by atoms with Crippen LogP contribution in [0.3, 0.4) is 0 Å². The highest BCUT2D eigenvalue weighted by Crippen LogP contribution is 2.50. The molecule has 5 aromatic rings. The minimum Gasteiger partial charge on any atom is -0.477 e. The smallest absolute Gasteiger partial charge is 0.346 e. The lowest BCUT2D eigenvalue weighted by molar-refractivity contribution is -0.132. The molecule has 0 amide bonds. The van der Waals surface area contributed by atoms with E-state index in [9.17, 15) is 15.2 Å². The number of hydrogen-bond donors (Lipinski definition) is 1. The number of aliphatic carboxylic acids is 1. The summed E-state index contributed by atoms with van der Waals surface area (Å²) in [4.78, 5) is 23.5. The normalized spacial score (nSPS) is 11.8. The molecule has 0 bridgehead atoms. The lowest BCUT2D eigenvalue weighted by Crippen LogP contribution is -1.96. The molecule has 0 radical (unpaired) electrons. The molecular weight excluding hydrogens is 783 g/mol. The summed E-state index contributed by atoms with van der Waals surface area (Å²) in [6.45, 7) is 9.14. The molecule has 0 aliphatic rings. The van der Waals surface area contributed by atoms with Crippen LogP contribution in [0.2, 0.25) is 0 Å². The van der Waals surface area contributed by atoms with E-state index >= 15 is 0 Å². The first-order valence-corrected chi connectivity index (χ1v) is 25.5. The molecule has 0 atom stereocenters. The van der Waals surface area contributed by atoms with Crippen LogP contribution in [-0.4, -0.2) is 11.1 Å². The standard InChI is InChI=1S/C48H61NO2S5/c1-5-9-13-17-21-34-27-28-52-44(34)41-30-36(23-19-15-11-7-3)46(54-41)43-32-37(24-20-16-12-8-4)47(56-43)42-31-35(22-18-14-10-6-2)45(55-42)40-26-25-39(53-40)29-38(33-49)48(50)51/h25-32H,5-24H2,1-4H3,(H,50,51)/b38-29-. The molecule has 5 heterocycles. The Labute approximate surface area is 357 Å². The van der Waals surface area contributed by atoms with Crippen LogP contribution in [0.25, 0.3) is 45.1 Å². The Balaban J connectivity index is 1.56. The van der Waals surface area contributed by atoms with Crippen molar-refractivity contribution >= 4 is 68.7 Å². The van der Waals surface area contributed by atoms with E-state index in [1.54, 1.807) is 11.3 Å². The van der Waals surface area contributed by atoms with Crippen LogP contribution < -0.4 is 0 Å². The van der Waals surface area contributed by atoms with Crippen LogP contribution in [-0.2, 0) is 30.5 Å². The molecule has 0 aliphatic carbocycles. The van der Waals surface area contributed by atoms with Crippen LogP contribution in [0.4, 0.5) is 0 Å². The molecule has 0 fully saturated rings. The van der Waals surface area contributed by atoms with Gasteiger partial charge in [-0.15, -0.1) is 56.7 Å². The Morgan fingerprint density at radius 3 is 1.41 bits per heavy atom. The van der Waals surface area contributed by atoms with Gasteiger partial charge in [-0.3, -0.25) is 0 Å². The molecule has 5 aromatic heterocycles. The third-order valence-corrected chi connectivity index (χ3v) is 16.8. The predicted molar refractivity (Wildman–Crippen MR) is 250 cm³/mol. The molecule has 0 saturated heterocycles. The molecule has 0 saturated carbocycles. The van der Waals surface area contributed by atoms with Gasteiger partial charge in [-0.1, -0.05) is 105 Å². The average molecular weight is 844 g/mol. The van der Waals surface area contributed by atoms with E-state index in [1.165, 1.54) is 165 Å². The Hall–Kier alpha value is -2.80. The van der Waals surface area contributed by atoms with Crippen molar-refractivity contribution in [2.75, 3.05) is 0 Å². The number of nitrogens with zero attached hydrogens (tertiary/aromatic N) is 1. The van der Waals surface area contributed by atoms with E-state index in [-0.39, 0.29) is 5.57 Å². The van der Waals surface area contributed by atoms with Gasteiger partial charge in [0, 0.05) is 43.9 Å². The third kappa shape index (κ3) is 12.4. The molecule has 8 heteroatoms. The number of rotatable bonds is 26. The number of aryl methyl sites for hydroxylation is 4. The zero-order valence-corrected chi connectivity index (χ0v) is 38.2. The summed E-state index contributed by atoms with van der Waals surface area (Å²) in [5.74, 6) is -1.18. The number of nitriles is 1. The fourth-order valence-corrected chi connectivity index (χ4v) is 13.5. The Kier molecular flexibility index (Phi) is 18.6. The number of carbonyl (C=O) groups is 1. The zero-order valence-electron chi connectivity index (χ0n) is 34.1. The molecule has 56 heavy (non-hydrogen) atoms. The van der Waals surface area contributed by atoms with E-state index < -0.39 is 5.97 Å². The highest BCUT2D eigenvalue weighted by molar-refractivity contribution is 7.30. The van der Waals surface area contributed by atoms with E-state index in [2.05, 4.69) is 63.4 Å². The summed E-state index contributed by atoms with van der Waals surface area (Å²) in [5, 5.41) is 21.2. The topological polar surface area (TPSA) is 61.1 Å². The number of unbranched alkanes of at least 4 members (excludes halogenated alkanes) is 12.